The molecule has 1 aromatic rings. The van der Waals surface area contributed by atoms with E-state index in [2.05, 4.69) is 10.6 Å². The third kappa shape index (κ3) is 4.69. The molecule has 4 amide bonds. The van der Waals surface area contributed by atoms with Gasteiger partial charge in [0, 0.05) is 5.69 Å². The van der Waals surface area contributed by atoms with E-state index in [0.29, 0.717) is 5.69 Å². The summed E-state index contributed by atoms with van der Waals surface area (Å²) in [5.74, 6) is -0.538. The summed E-state index contributed by atoms with van der Waals surface area (Å²) in [7, 11) is 0. The molecule has 0 saturated carbocycles. The molecule has 0 radical (unpaired) electrons. The first kappa shape index (κ1) is 19.9. The maximum atomic E-state index is 12.2. The van der Waals surface area contributed by atoms with Gasteiger partial charge in [0.25, 0.3) is 0 Å². The molecule has 7 nitrogen and oxygen atoms in total. The summed E-state index contributed by atoms with van der Waals surface area (Å²) >= 11 is 0. The van der Waals surface area contributed by atoms with Crippen LogP contribution in [0.5, 0.6) is 0 Å². The number of benzene rings is 1. The van der Waals surface area contributed by atoms with Crippen molar-refractivity contribution >= 4 is 35.9 Å². The molecule has 0 spiro atoms. The summed E-state index contributed by atoms with van der Waals surface area (Å²) in [5.41, 5.74) is 6.92. The van der Waals surface area contributed by atoms with Crippen molar-refractivity contribution in [2.24, 2.45) is 11.1 Å². The van der Waals surface area contributed by atoms with E-state index in [1.807, 2.05) is 20.8 Å². The lowest BCUT2D eigenvalue weighted by atomic mass is 9.87. The van der Waals surface area contributed by atoms with Crippen LogP contribution in [0, 0.1) is 5.41 Å². The van der Waals surface area contributed by atoms with Crippen molar-refractivity contribution in [2.45, 2.75) is 33.4 Å². The average molecular weight is 355 g/mol. The number of hydrogen-bond donors (Lipinski definition) is 3. The van der Waals surface area contributed by atoms with Crippen molar-refractivity contribution in [1.82, 2.24) is 10.2 Å². The van der Waals surface area contributed by atoms with Crippen molar-refractivity contribution in [1.29, 1.82) is 0 Å². The molecule has 1 aliphatic rings. The van der Waals surface area contributed by atoms with Crippen molar-refractivity contribution in [3.63, 3.8) is 0 Å². The van der Waals surface area contributed by atoms with Gasteiger partial charge in [-0.05, 0) is 23.1 Å². The predicted octanol–water partition coefficient (Wildman–Crippen LogP) is 1.47. The van der Waals surface area contributed by atoms with Gasteiger partial charge in [-0.15, -0.1) is 12.4 Å². The van der Waals surface area contributed by atoms with Crippen molar-refractivity contribution < 1.29 is 14.4 Å². The van der Waals surface area contributed by atoms with E-state index in [1.54, 1.807) is 24.3 Å². The number of urea groups is 1. The minimum atomic E-state index is -0.642. The molecule has 24 heavy (non-hydrogen) atoms. The van der Waals surface area contributed by atoms with E-state index in [4.69, 9.17) is 5.73 Å². The molecule has 2 rings (SSSR count). The van der Waals surface area contributed by atoms with Crippen molar-refractivity contribution in [3.05, 3.63) is 29.8 Å². The fourth-order valence-electron chi connectivity index (χ4n) is 2.16. The summed E-state index contributed by atoms with van der Waals surface area (Å²) in [5, 5.41) is 5.24. The Morgan fingerprint density at radius 1 is 1.38 bits per heavy atom. The Bertz CT molecular complexity index is 626. The number of carbonyl (C=O) groups is 3. The third-order valence-electron chi connectivity index (χ3n) is 3.69. The Kier molecular flexibility index (Phi) is 6.34. The van der Waals surface area contributed by atoms with Crippen LogP contribution < -0.4 is 16.4 Å². The van der Waals surface area contributed by atoms with Gasteiger partial charge in [0.15, 0.2) is 0 Å². The van der Waals surface area contributed by atoms with Gasteiger partial charge >= 0.3 is 6.03 Å². The number of anilines is 1. The molecule has 1 saturated heterocycles. The van der Waals surface area contributed by atoms with Crippen LogP contribution in [0.2, 0.25) is 0 Å². The molecule has 4 N–H and O–H groups in total. The molecule has 0 unspecified atom stereocenters. The zero-order valence-corrected chi connectivity index (χ0v) is 14.8. The molecule has 1 heterocycles. The summed E-state index contributed by atoms with van der Waals surface area (Å²) in [4.78, 5) is 36.5. The van der Waals surface area contributed by atoms with Crippen LogP contribution >= 0.6 is 12.4 Å². The number of imide groups is 1. The number of hydrogen-bond acceptors (Lipinski definition) is 4. The fraction of sp³-hybridized carbons (Fsp3) is 0.438. The molecular weight excluding hydrogens is 332 g/mol. The maximum Gasteiger partial charge on any atom is 0.324 e. The van der Waals surface area contributed by atoms with Gasteiger partial charge in [0.1, 0.15) is 0 Å². The van der Waals surface area contributed by atoms with Gasteiger partial charge in [-0.1, -0.05) is 32.9 Å². The lowest BCUT2D eigenvalue weighted by molar-refractivity contribution is -0.125. The molecule has 1 fully saturated rings. The molecule has 0 aromatic heterocycles. The standard InChI is InChI=1S/C16H22N4O3.ClH/c1-16(2,3)13(17)14(22)19-11-6-4-5-10(7-11)9-20-12(21)8-18-15(20)23;/h4-7,13H,8-9,17H2,1-3H3,(H,18,23)(H,19,22);1H/t13-;/m1./s1. The van der Waals surface area contributed by atoms with E-state index in [-0.39, 0.29) is 42.7 Å². The molecule has 1 aromatic carbocycles. The Labute approximate surface area is 147 Å². The Hall–Kier alpha value is -2.12. The highest BCUT2D eigenvalue weighted by Crippen LogP contribution is 2.20. The second-order valence-corrected chi connectivity index (χ2v) is 6.67. The van der Waals surface area contributed by atoms with E-state index in [9.17, 15) is 14.4 Å². The van der Waals surface area contributed by atoms with Crippen LogP contribution in [0.15, 0.2) is 24.3 Å². The lowest BCUT2D eigenvalue weighted by Gasteiger charge is -2.25. The van der Waals surface area contributed by atoms with Crippen LogP contribution in [0.1, 0.15) is 26.3 Å². The van der Waals surface area contributed by atoms with Crippen LogP contribution in [0.25, 0.3) is 0 Å². The van der Waals surface area contributed by atoms with Crippen molar-refractivity contribution in [3.8, 4) is 0 Å². The van der Waals surface area contributed by atoms with Gasteiger partial charge in [-0.25, -0.2) is 4.79 Å². The molecule has 1 atom stereocenters. The molecule has 0 bridgehead atoms. The van der Waals surface area contributed by atoms with Gasteiger partial charge in [0.2, 0.25) is 11.8 Å². The summed E-state index contributed by atoms with van der Waals surface area (Å²) in [6.45, 7) is 5.87. The van der Waals surface area contributed by atoms with Crippen LogP contribution in [-0.2, 0) is 16.1 Å². The molecule has 1 aliphatic heterocycles. The second-order valence-electron chi connectivity index (χ2n) is 6.67. The number of nitrogens with one attached hydrogen (secondary N) is 2. The first-order valence-electron chi connectivity index (χ1n) is 7.42. The minimum absolute atomic E-state index is 0. The van der Waals surface area contributed by atoms with Crippen LogP contribution in [-0.4, -0.2) is 35.3 Å². The number of halogens is 1. The van der Waals surface area contributed by atoms with E-state index >= 15 is 0 Å². The molecular formula is C16H23ClN4O3. The maximum absolute atomic E-state index is 12.2. The minimum Gasteiger partial charge on any atom is -0.329 e. The lowest BCUT2D eigenvalue weighted by Crippen LogP contribution is -2.45. The molecule has 0 aliphatic carbocycles. The normalized spacial score (nSPS) is 15.6. The van der Waals surface area contributed by atoms with E-state index < -0.39 is 12.1 Å². The number of nitrogens with zero attached hydrogens (tertiary/aromatic N) is 1. The number of carbonyl (C=O) groups excluding carboxylic acids is 3. The van der Waals surface area contributed by atoms with E-state index in [1.165, 1.54) is 0 Å². The summed E-state index contributed by atoms with van der Waals surface area (Å²) in [6, 6.07) is 5.97. The zero-order chi connectivity index (χ0) is 17.2. The van der Waals surface area contributed by atoms with Crippen LogP contribution in [0.4, 0.5) is 10.5 Å². The predicted molar refractivity (Wildman–Crippen MR) is 93.7 cm³/mol. The Balaban J connectivity index is 0.00000288. The highest BCUT2D eigenvalue weighted by Gasteiger charge is 2.29. The first-order valence-corrected chi connectivity index (χ1v) is 7.42. The zero-order valence-electron chi connectivity index (χ0n) is 14.0. The second kappa shape index (κ2) is 7.63. The van der Waals surface area contributed by atoms with Gasteiger partial charge < -0.3 is 16.4 Å². The number of rotatable bonds is 4. The highest BCUT2D eigenvalue weighted by molar-refractivity contribution is 6.01. The first-order chi connectivity index (χ1) is 10.7. The topological polar surface area (TPSA) is 105 Å². The largest absolute Gasteiger partial charge is 0.329 e. The molecule has 132 valence electrons. The smallest absolute Gasteiger partial charge is 0.324 e. The SMILES string of the molecule is CC(C)(C)[C@H](N)C(=O)Nc1cccc(CN2C(=O)CNC2=O)c1.Cl. The number of amides is 4. The number of nitrogens with two attached hydrogens (primary N) is 1. The fourth-order valence-corrected chi connectivity index (χ4v) is 2.16. The Morgan fingerprint density at radius 2 is 2.04 bits per heavy atom. The van der Waals surface area contributed by atoms with Crippen molar-refractivity contribution in [2.75, 3.05) is 11.9 Å². The highest BCUT2D eigenvalue weighted by atomic mass is 35.5. The van der Waals surface area contributed by atoms with E-state index in [0.717, 1.165) is 10.5 Å². The monoisotopic (exact) mass is 354 g/mol. The third-order valence-corrected chi connectivity index (χ3v) is 3.69. The van der Waals surface area contributed by atoms with Gasteiger partial charge in [0.05, 0.1) is 19.1 Å². The average Bonchev–Trinajstić information content (AvgIpc) is 2.78. The van der Waals surface area contributed by atoms with Gasteiger partial charge in [-0.3, -0.25) is 14.5 Å². The Morgan fingerprint density at radius 3 is 2.58 bits per heavy atom. The molecule has 8 heteroatoms. The summed E-state index contributed by atoms with van der Waals surface area (Å²) in [6.07, 6.45) is 0. The quantitative estimate of drug-likeness (QED) is 0.712. The van der Waals surface area contributed by atoms with Crippen LogP contribution in [0.3, 0.4) is 0 Å². The summed E-state index contributed by atoms with van der Waals surface area (Å²) < 4.78 is 0. The van der Waals surface area contributed by atoms with Gasteiger partial charge in [-0.2, -0.15) is 0 Å².